The Balaban J connectivity index is 2.37. The van der Waals surface area contributed by atoms with E-state index >= 15 is 0 Å². The van der Waals surface area contributed by atoms with Gasteiger partial charge in [0.2, 0.25) is 0 Å². The Morgan fingerprint density at radius 3 is 3.06 bits per heavy atom. The van der Waals surface area contributed by atoms with E-state index in [0.29, 0.717) is 18.1 Å². The molecule has 0 aliphatic carbocycles. The monoisotopic (exact) mass is 217 g/mol. The normalized spacial score (nSPS) is 10.1. The topological polar surface area (TPSA) is 57.0 Å². The maximum Gasteiger partial charge on any atom is 0.357 e. The van der Waals surface area contributed by atoms with Crippen LogP contribution in [-0.4, -0.2) is 27.1 Å². The van der Waals surface area contributed by atoms with Crippen molar-refractivity contribution < 1.29 is 9.53 Å². The minimum Gasteiger partial charge on any atom is -0.461 e. The van der Waals surface area contributed by atoms with Crippen LogP contribution >= 0.6 is 0 Å². The Morgan fingerprint density at radius 1 is 1.50 bits per heavy atom. The minimum absolute atomic E-state index is 0.340. The lowest BCUT2D eigenvalue weighted by atomic mass is 10.4. The van der Waals surface area contributed by atoms with Gasteiger partial charge in [-0.15, -0.1) is 0 Å². The van der Waals surface area contributed by atoms with Gasteiger partial charge in [0.25, 0.3) is 0 Å². The van der Waals surface area contributed by atoms with Gasteiger partial charge in [-0.25, -0.2) is 14.8 Å². The van der Waals surface area contributed by atoms with E-state index in [1.54, 1.807) is 23.8 Å². The smallest absolute Gasteiger partial charge is 0.357 e. The molecule has 0 atom stereocenters. The molecule has 0 aromatic carbocycles. The van der Waals surface area contributed by atoms with Crippen LogP contribution in [0.3, 0.4) is 0 Å². The Hall–Kier alpha value is -2.17. The number of esters is 1. The molecule has 0 radical (unpaired) electrons. The van der Waals surface area contributed by atoms with Crippen LogP contribution in [0.2, 0.25) is 0 Å². The van der Waals surface area contributed by atoms with Gasteiger partial charge in [0.1, 0.15) is 12.1 Å². The molecular formula is C11H11N3O2. The summed E-state index contributed by atoms with van der Waals surface area (Å²) in [7, 11) is 0. The van der Waals surface area contributed by atoms with E-state index in [1.807, 2.05) is 12.1 Å². The first-order valence-electron chi connectivity index (χ1n) is 4.93. The van der Waals surface area contributed by atoms with Gasteiger partial charge < -0.3 is 4.74 Å². The van der Waals surface area contributed by atoms with Gasteiger partial charge in [0.05, 0.1) is 12.8 Å². The molecule has 2 aromatic heterocycles. The van der Waals surface area contributed by atoms with E-state index in [2.05, 4.69) is 9.97 Å². The van der Waals surface area contributed by atoms with Gasteiger partial charge in [0, 0.05) is 6.20 Å². The molecule has 2 aromatic rings. The summed E-state index contributed by atoms with van der Waals surface area (Å²) in [6.07, 6.45) is 4.66. The number of nitrogens with zero attached hydrogens (tertiary/aromatic N) is 3. The largest absolute Gasteiger partial charge is 0.461 e. The summed E-state index contributed by atoms with van der Waals surface area (Å²) in [5, 5.41) is 0. The van der Waals surface area contributed by atoms with Gasteiger partial charge in [-0.2, -0.15) is 0 Å². The molecule has 82 valence electrons. The summed E-state index contributed by atoms with van der Waals surface area (Å²) in [6, 6.07) is 5.45. The average Bonchev–Trinajstić information content (AvgIpc) is 2.79. The highest BCUT2D eigenvalue weighted by molar-refractivity contribution is 5.87. The number of carbonyl (C=O) groups excluding carboxylic acids is 1. The van der Waals surface area contributed by atoms with Crippen LogP contribution in [-0.2, 0) is 4.74 Å². The number of pyridine rings is 1. The zero-order valence-electron chi connectivity index (χ0n) is 8.83. The molecule has 2 rings (SSSR count). The molecule has 5 nitrogen and oxygen atoms in total. The third-order valence-corrected chi connectivity index (χ3v) is 2.02. The summed E-state index contributed by atoms with van der Waals surface area (Å²) >= 11 is 0. The first-order chi connectivity index (χ1) is 7.83. The number of ether oxygens (including phenoxy) is 1. The maximum atomic E-state index is 11.6. The van der Waals surface area contributed by atoms with Crippen molar-refractivity contribution in [3.8, 4) is 5.82 Å². The van der Waals surface area contributed by atoms with Crippen molar-refractivity contribution in [1.82, 2.24) is 14.5 Å². The third kappa shape index (κ3) is 1.93. The summed E-state index contributed by atoms with van der Waals surface area (Å²) in [5.74, 6) is 0.244. The summed E-state index contributed by atoms with van der Waals surface area (Å²) in [4.78, 5) is 19.7. The van der Waals surface area contributed by atoms with Gasteiger partial charge in [-0.3, -0.25) is 4.57 Å². The Kier molecular flexibility index (Phi) is 2.95. The fourth-order valence-electron chi connectivity index (χ4n) is 1.33. The predicted octanol–water partition coefficient (Wildman–Crippen LogP) is 1.44. The number of carbonyl (C=O) groups is 1. The third-order valence-electron chi connectivity index (χ3n) is 2.02. The van der Waals surface area contributed by atoms with Crippen molar-refractivity contribution >= 4 is 5.97 Å². The Morgan fingerprint density at radius 2 is 2.38 bits per heavy atom. The van der Waals surface area contributed by atoms with Crippen molar-refractivity contribution in [2.75, 3.05) is 6.61 Å². The van der Waals surface area contributed by atoms with Crippen LogP contribution in [0.25, 0.3) is 5.82 Å². The second-order valence-electron chi connectivity index (χ2n) is 3.06. The molecule has 5 heteroatoms. The minimum atomic E-state index is -0.398. The lowest BCUT2D eigenvalue weighted by Crippen LogP contribution is -2.11. The van der Waals surface area contributed by atoms with Gasteiger partial charge in [0.15, 0.2) is 5.69 Å². The van der Waals surface area contributed by atoms with Crippen LogP contribution in [0.1, 0.15) is 17.4 Å². The van der Waals surface area contributed by atoms with Crippen LogP contribution < -0.4 is 0 Å². The number of aromatic nitrogens is 3. The van der Waals surface area contributed by atoms with Gasteiger partial charge >= 0.3 is 5.97 Å². The summed E-state index contributed by atoms with van der Waals surface area (Å²) in [6.45, 7) is 2.10. The molecule has 2 heterocycles. The standard InChI is InChI=1S/C11H11N3O2/c1-2-16-11(15)9-7-12-8-14(9)10-5-3-4-6-13-10/h3-8H,2H2,1H3. The van der Waals surface area contributed by atoms with Gasteiger partial charge in [-0.05, 0) is 19.1 Å². The molecule has 0 saturated heterocycles. The van der Waals surface area contributed by atoms with Gasteiger partial charge in [-0.1, -0.05) is 6.07 Å². The first-order valence-corrected chi connectivity index (χ1v) is 4.93. The molecule has 0 unspecified atom stereocenters. The van der Waals surface area contributed by atoms with Crippen LogP contribution in [0, 0.1) is 0 Å². The highest BCUT2D eigenvalue weighted by Gasteiger charge is 2.13. The average molecular weight is 217 g/mol. The van der Waals surface area contributed by atoms with Crippen LogP contribution in [0.5, 0.6) is 0 Å². The van der Waals surface area contributed by atoms with Crippen LogP contribution in [0.4, 0.5) is 0 Å². The SMILES string of the molecule is CCOC(=O)c1cncn1-c1ccccn1. The highest BCUT2D eigenvalue weighted by Crippen LogP contribution is 2.08. The zero-order chi connectivity index (χ0) is 11.4. The first kappa shape index (κ1) is 10.4. The molecule has 0 aliphatic heterocycles. The molecular weight excluding hydrogens is 206 g/mol. The zero-order valence-corrected chi connectivity index (χ0v) is 8.83. The highest BCUT2D eigenvalue weighted by atomic mass is 16.5. The maximum absolute atomic E-state index is 11.6. The quantitative estimate of drug-likeness (QED) is 0.730. The molecule has 0 amide bonds. The molecule has 0 N–H and O–H groups in total. The van der Waals surface area contributed by atoms with Crippen molar-refractivity contribution in [3.63, 3.8) is 0 Å². The van der Waals surface area contributed by atoms with Crippen molar-refractivity contribution in [2.24, 2.45) is 0 Å². The molecule has 16 heavy (non-hydrogen) atoms. The summed E-state index contributed by atoms with van der Waals surface area (Å²) < 4.78 is 6.52. The lowest BCUT2D eigenvalue weighted by molar-refractivity contribution is 0.0517. The Labute approximate surface area is 92.7 Å². The molecule has 0 bridgehead atoms. The molecule has 0 spiro atoms. The Bertz CT molecular complexity index is 479. The fourth-order valence-corrected chi connectivity index (χ4v) is 1.33. The van der Waals surface area contributed by atoms with Crippen molar-refractivity contribution in [2.45, 2.75) is 6.92 Å². The van der Waals surface area contributed by atoms with E-state index in [4.69, 9.17) is 4.74 Å². The molecule has 0 saturated carbocycles. The number of rotatable bonds is 3. The van der Waals surface area contributed by atoms with E-state index in [0.717, 1.165) is 0 Å². The van der Waals surface area contributed by atoms with E-state index in [-0.39, 0.29) is 0 Å². The lowest BCUT2D eigenvalue weighted by Gasteiger charge is -2.05. The van der Waals surface area contributed by atoms with E-state index < -0.39 is 5.97 Å². The van der Waals surface area contributed by atoms with Crippen LogP contribution in [0.15, 0.2) is 36.9 Å². The molecule has 0 aliphatic rings. The summed E-state index contributed by atoms with van der Waals surface area (Å²) in [5.41, 5.74) is 0.376. The van der Waals surface area contributed by atoms with E-state index in [1.165, 1.54) is 12.5 Å². The predicted molar refractivity (Wildman–Crippen MR) is 57.3 cm³/mol. The second-order valence-corrected chi connectivity index (χ2v) is 3.06. The van der Waals surface area contributed by atoms with Crippen molar-refractivity contribution in [3.05, 3.63) is 42.6 Å². The van der Waals surface area contributed by atoms with Crippen molar-refractivity contribution in [1.29, 1.82) is 0 Å². The molecule has 0 fully saturated rings. The number of hydrogen-bond donors (Lipinski definition) is 0. The fraction of sp³-hybridized carbons (Fsp3) is 0.182. The number of hydrogen-bond acceptors (Lipinski definition) is 4. The number of imidazole rings is 1. The van der Waals surface area contributed by atoms with E-state index in [9.17, 15) is 4.79 Å². The second kappa shape index (κ2) is 4.57.